The lowest BCUT2D eigenvalue weighted by Crippen LogP contribution is -2.47. The van der Waals surface area contributed by atoms with Crippen molar-refractivity contribution in [3.05, 3.63) is 24.3 Å². The first-order valence-corrected chi connectivity index (χ1v) is 8.24. The topological polar surface area (TPSA) is 102 Å². The fraction of sp³-hybridized carbons (Fsp3) is 0.529. The normalized spacial score (nSPS) is 17.5. The summed E-state index contributed by atoms with van der Waals surface area (Å²) in [5, 5.41) is 23.5. The van der Waals surface area contributed by atoms with Crippen LogP contribution in [0.25, 0.3) is 0 Å². The molecule has 4 N–H and O–H groups in total. The Bertz CT molecular complexity index is 581. The summed E-state index contributed by atoms with van der Waals surface area (Å²) in [7, 11) is 0. The number of carbonyl (C=O) groups excluding carboxylic acids is 1. The number of hydrogen-bond acceptors (Lipinski definition) is 4. The van der Waals surface area contributed by atoms with Crippen molar-refractivity contribution in [1.29, 1.82) is 0 Å². The highest BCUT2D eigenvalue weighted by Crippen LogP contribution is 2.22. The van der Waals surface area contributed by atoms with E-state index in [1.807, 2.05) is 18.2 Å². The van der Waals surface area contributed by atoms with Gasteiger partial charge in [-0.15, -0.1) is 0 Å². The molecule has 2 amide bonds. The maximum absolute atomic E-state index is 11.9. The molecule has 0 aromatic heterocycles. The summed E-state index contributed by atoms with van der Waals surface area (Å²) >= 11 is 0. The summed E-state index contributed by atoms with van der Waals surface area (Å²) in [6.45, 7) is 2.78. The molecular formula is C17H25N3O4. The second-order valence-electron chi connectivity index (χ2n) is 6.34. The molecule has 0 spiro atoms. The van der Waals surface area contributed by atoms with Gasteiger partial charge >= 0.3 is 12.0 Å². The van der Waals surface area contributed by atoms with Gasteiger partial charge in [-0.05, 0) is 38.0 Å². The van der Waals surface area contributed by atoms with Crippen molar-refractivity contribution in [2.45, 2.75) is 38.2 Å². The Morgan fingerprint density at radius 2 is 1.88 bits per heavy atom. The highest BCUT2D eigenvalue weighted by atomic mass is 16.4. The lowest BCUT2D eigenvalue weighted by atomic mass is 10.1. The lowest BCUT2D eigenvalue weighted by Gasteiger charge is -2.23. The molecule has 7 nitrogen and oxygen atoms in total. The SMILES string of the molecule is CC(O)(CNC(=O)Nc1cccc(N2CCCCCC2)c1)C(=O)O. The van der Waals surface area contributed by atoms with Crippen LogP contribution in [0.4, 0.5) is 16.2 Å². The Morgan fingerprint density at radius 3 is 2.50 bits per heavy atom. The number of carboxylic acids is 1. The molecule has 1 saturated heterocycles. The predicted octanol–water partition coefficient (Wildman–Crippen LogP) is 2.02. The molecule has 1 aliphatic rings. The minimum atomic E-state index is -1.99. The highest BCUT2D eigenvalue weighted by Gasteiger charge is 2.30. The van der Waals surface area contributed by atoms with E-state index >= 15 is 0 Å². The van der Waals surface area contributed by atoms with Gasteiger partial charge in [-0.2, -0.15) is 0 Å². The monoisotopic (exact) mass is 335 g/mol. The molecule has 0 saturated carbocycles. The van der Waals surface area contributed by atoms with Crippen LogP contribution in [0.1, 0.15) is 32.6 Å². The number of aliphatic carboxylic acids is 1. The van der Waals surface area contributed by atoms with Crippen LogP contribution in [0.15, 0.2) is 24.3 Å². The molecule has 1 aromatic carbocycles. The minimum absolute atomic E-state index is 0.375. The van der Waals surface area contributed by atoms with Gasteiger partial charge in [0.05, 0.1) is 6.54 Å². The third kappa shape index (κ3) is 5.13. The number of amides is 2. The molecule has 7 heteroatoms. The molecule has 0 aliphatic carbocycles. The molecule has 2 rings (SSSR count). The lowest BCUT2D eigenvalue weighted by molar-refractivity contribution is -0.155. The van der Waals surface area contributed by atoms with Crippen molar-refractivity contribution < 1.29 is 19.8 Å². The van der Waals surface area contributed by atoms with Gasteiger partial charge in [-0.3, -0.25) is 0 Å². The van der Waals surface area contributed by atoms with Gasteiger partial charge in [-0.25, -0.2) is 9.59 Å². The van der Waals surface area contributed by atoms with Crippen molar-refractivity contribution in [2.24, 2.45) is 0 Å². The van der Waals surface area contributed by atoms with Crippen LogP contribution in [-0.4, -0.2) is 47.4 Å². The minimum Gasteiger partial charge on any atom is -0.479 e. The number of anilines is 2. The van der Waals surface area contributed by atoms with Crippen molar-refractivity contribution in [2.75, 3.05) is 29.9 Å². The molecule has 1 atom stereocenters. The summed E-state index contributed by atoms with van der Waals surface area (Å²) in [4.78, 5) is 25.0. The number of hydrogen-bond donors (Lipinski definition) is 4. The zero-order valence-corrected chi connectivity index (χ0v) is 13.9. The van der Waals surface area contributed by atoms with E-state index in [1.165, 1.54) is 25.7 Å². The maximum Gasteiger partial charge on any atom is 0.337 e. The van der Waals surface area contributed by atoms with Gasteiger partial charge in [0.1, 0.15) is 0 Å². The Labute approximate surface area is 141 Å². The molecule has 1 aliphatic heterocycles. The van der Waals surface area contributed by atoms with E-state index in [9.17, 15) is 14.7 Å². The standard InChI is InChI=1S/C17H25N3O4/c1-17(24,15(21)22)12-18-16(23)19-13-7-6-8-14(11-13)20-9-4-2-3-5-10-20/h6-8,11,24H,2-5,9-10,12H2,1H3,(H,21,22)(H2,18,19,23). The number of nitrogens with zero attached hydrogens (tertiary/aromatic N) is 1. The molecule has 1 unspecified atom stereocenters. The van der Waals surface area contributed by atoms with E-state index in [-0.39, 0.29) is 6.54 Å². The first-order chi connectivity index (χ1) is 11.4. The summed E-state index contributed by atoms with van der Waals surface area (Å²) in [6, 6.07) is 7.02. The average molecular weight is 335 g/mol. The number of urea groups is 1. The fourth-order valence-electron chi connectivity index (χ4n) is 2.61. The smallest absolute Gasteiger partial charge is 0.337 e. The molecule has 1 heterocycles. The Balaban J connectivity index is 1.93. The summed E-state index contributed by atoms with van der Waals surface area (Å²) < 4.78 is 0. The molecular weight excluding hydrogens is 310 g/mol. The summed E-state index contributed by atoms with van der Waals surface area (Å²) in [6.07, 6.45) is 4.84. The Hall–Kier alpha value is -2.28. The third-order valence-corrected chi connectivity index (χ3v) is 4.13. The molecule has 1 aromatic rings. The zero-order valence-electron chi connectivity index (χ0n) is 13.9. The van der Waals surface area contributed by atoms with E-state index < -0.39 is 17.6 Å². The number of rotatable bonds is 5. The van der Waals surface area contributed by atoms with Crippen molar-refractivity contribution in [3.63, 3.8) is 0 Å². The van der Waals surface area contributed by atoms with Crippen LogP contribution >= 0.6 is 0 Å². The van der Waals surface area contributed by atoms with Gasteiger partial charge in [0, 0.05) is 24.5 Å². The molecule has 0 radical (unpaired) electrons. The van der Waals surface area contributed by atoms with E-state index in [0.717, 1.165) is 25.7 Å². The number of carboxylic acid groups (broad SMARTS) is 1. The predicted molar refractivity (Wildman–Crippen MR) is 92.4 cm³/mol. The van der Waals surface area contributed by atoms with Crippen molar-refractivity contribution in [3.8, 4) is 0 Å². The third-order valence-electron chi connectivity index (χ3n) is 4.13. The summed E-state index contributed by atoms with van der Waals surface area (Å²) in [5.74, 6) is -1.38. The first kappa shape index (κ1) is 18.1. The van der Waals surface area contributed by atoms with Crippen LogP contribution in [-0.2, 0) is 4.79 Å². The highest BCUT2D eigenvalue weighted by molar-refractivity contribution is 5.90. The van der Waals surface area contributed by atoms with Gasteiger partial charge < -0.3 is 25.7 Å². The second-order valence-corrected chi connectivity index (χ2v) is 6.34. The van der Waals surface area contributed by atoms with Crippen LogP contribution in [0, 0.1) is 0 Å². The number of carbonyl (C=O) groups is 2. The maximum atomic E-state index is 11.9. The first-order valence-electron chi connectivity index (χ1n) is 8.24. The van der Waals surface area contributed by atoms with E-state index in [4.69, 9.17) is 5.11 Å². The van der Waals surface area contributed by atoms with Crippen LogP contribution < -0.4 is 15.5 Å². The Kier molecular flexibility index (Phi) is 6.03. The molecule has 132 valence electrons. The van der Waals surface area contributed by atoms with E-state index in [0.29, 0.717) is 5.69 Å². The van der Waals surface area contributed by atoms with Crippen molar-refractivity contribution >= 4 is 23.4 Å². The van der Waals surface area contributed by atoms with Crippen molar-refractivity contribution in [1.82, 2.24) is 5.32 Å². The van der Waals surface area contributed by atoms with Crippen LogP contribution in [0.2, 0.25) is 0 Å². The van der Waals surface area contributed by atoms with Gasteiger partial charge in [0.2, 0.25) is 0 Å². The zero-order chi connectivity index (χ0) is 17.6. The number of nitrogens with one attached hydrogen (secondary N) is 2. The molecule has 0 bridgehead atoms. The fourth-order valence-corrected chi connectivity index (χ4v) is 2.61. The number of aliphatic hydroxyl groups is 1. The van der Waals surface area contributed by atoms with Crippen LogP contribution in [0.5, 0.6) is 0 Å². The van der Waals surface area contributed by atoms with E-state index in [2.05, 4.69) is 15.5 Å². The van der Waals surface area contributed by atoms with Gasteiger partial charge in [0.15, 0.2) is 5.60 Å². The Morgan fingerprint density at radius 1 is 1.21 bits per heavy atom. The second kappa shape index (κ2) is 8.01. The van der Waals surface area contributed by atoms with E-state index in [1.54, 1.807) is 6.07 Å². The van der Waals surface area contributed by atoms with Gasteiger partial charge in [0.25, 0.3) is 0 Å². The molecule has 1 fully saturated rings. The van der Waals surface area contributed by atoms with Crippen LogP contribution in [0.3, 0.4) is 0 Å². The number of benzene rings is 1. The quantitative estimate of drug-likeness (QED) is 0.659. The average Bonchev–Trinajstić information content (AvgIpc) is 2.82. The molecule has 24 heavy (non-hydrogen) atoms. The summed E-state index contributed by atoms with van der Waals surface area (Å²) in [5.41, 5.74) is -0.304. The van der Waals surface area contributed by atoms with Gasteiger partial charge in [-0.1, -0.05) is 18.9 Å². The largest absolute Gasteiger partial charge is 0.479 e.